The Labute approximate surface area is 175 Å². The zero-order chi connectivity index (χ0) is 21.1. The molecule has 0 aliphatic rings. The average molecular weight is 422 g/mol. The van der Waals surface area contributed by atoms with Crippen molar-refractivity contribution in [3.63, 3.8) is 0 Å². The van der Waals surface area contributed by atoms with Crippen molar-refractivity contribution >= 4 is 28.5 Å². The molecule has 9 heteroatoms. The van der Waals surface area contributed by atoms with Crippen LogP contribution in [0.2, 0.25) is 0 Å². The van der Waals surface area contributed by atoms with Gasteiger partial charge in [0.15, 0.2) is 5.69 Å². The molecule has 0 radical (unpaired) electrons. The van der Waals surface area contributed by atoms with Crippen LogP contribution in [0.4, 0.5) is 0 Å². The van der Waals surface area contributed by atoms with Crippen LogP contribution in [-0.4, -0.2) is 38.3 Å². The average Bonchev–Trinajstić information content (AvgIpc) is 3.24. The number of hydrogen-bond acceptors (Lipinski definition) is 8. The van der Waals surface area contributed by atoms with Crippen LogP contribution in [0.3, 0.4) is 0 Å². The molecule has 1 unspecified atom stereocenters. The Bertz CT molecular complexity index is 1250. The quantitative estimate of drug-likeness (QED) is 0.345. The first-order valence-electron chi connectivity index (χ1n) is 9.19. The smallest absolute Gasteiger partial charge is 0.319 e. The molecule has 30 heavy (non-hydrogen) atoms. The van der Waals surface area contributed by atoms with Gasteiger partial charge in [-0.25, -0.2) is 4.68 Å². The van der Waals surface area contributed by atoms with Gasteiger partial charge in [-0.05, 0) is 18.6 Å². The third kappa shape index (κ3) is 3.97. The van der Waals surface area contributed by atoms with Crippen LogP contribution in [0, 0.1) is 0 Å². The summed E-state index contributed by atoms with van der Waals surface area (Å²) in [6, 6.07) is 16.7. The maximum Gasteiger partial charge on any atom is 0.319 e. The summed E-state index contributed by atoms with van der Waals surface area (Å²) in [5.74, 6) is -0.215. The molecule has 0 bridgehead atoms. The van der Waals surface area contributed by atoms with Gasteiger partial charge in [0.2, 0.25) is 0 Å². The number of carbonyl (C=O) groups is 1. The number of benzene rings is 2. The van der Waals surface area contributed by atoms with Crippen LogP contribution in [0.15, 0.2) is 69.0 Å². The van der Waals surface area contributed by atoms with E-state index in [1.165, 1.54) is 11.8 Å². The molecule has 4 rings (SSSR count). The van der Waals surface area contributed by atoms with Crippen molar-refractivity contribution in [3.8, 4) is 11.6 Å². The van der Waals surface area contributed by atoms with Gasteiger partial charge in [0, 0.05) is 5.39 Å². The Morgan fingerprint density at radius 2 is 1.80 bits per heavy atom. The van der Waals surface area contributed by atoms with Gasteiger partial charge in [-0.2, -0.15) is 5.10 Å². The minimum Gasteiger partial charge on any atom is -0.468 e. The topological polar surface area (TPSA) is 100 Å². The SMILES string of the molecule is COC(=O)C(C)Sc1nnc(-c2nn(Cc3ccccc3)c(=O)c3ccccc23)o1. The van der Waals surface area contributed by atoms with Crippen LogP contribution < -0.4 is 5.56 Å². The van der Waals surface area contributed by atoms with E-state index < -0.39 is 5.25 Å². The first-order chi connectivity index (χ1) is 14.6. The molecule has 0 N–H and O–H groups in total. The normalized spacial score (nSPS) is 12.1. The van der Waals surface area contributed by atoms with E-state index >= 15 is 0 Å². The zero-order valence-corrected chi connectivity index (χ0v) is 17.1. The van der Waals surface area contributed by atoms with Crippen LogP contribution >= 0.6 is 11.8 Å². The Hall–Kier alpha value is -3.46. The van der Waals surface area contributed by atoms with E-state index in [4.69, 9.17) is 9.15 Å². The Morgan fingerprint density at radius 3 is 2.53 bits per heavy atom. The molecule has 0 saturated heterocycles. The molecular weight excluding hydrogens is 404 g/mol. The minimum atomic E-state index is -0.500. The number of rotatable bonds is 6. The van der Waals surface area contributed by atoms with E-state index in [1.807, 2.05) is 36.4 Å². The van der Waals surface area contributed by atoms with Crippen LogP contribution in [0.1, 0.15) is 12.5 Å². The highest BCUT2D eigenvalue weighted by Crippen LogP contribution is 2.28. The summed E-state index contributed by atoms with van der Waals surface area (Å²) < 4.78 is 11.9. The summed E-state index contributed by atoms with van der Waals surface area (Å²) in [6.45, 7) is 2.00. The standard InChI is InChI=1S/C21H18N4O4S/c1-13(20(27)28-2)30-21-23-22-18(29-21)17-15-10-6-7-11-16(15)19(26)25(24-17)12-14-8-4-3-5-9-14/h3-11,13H,12H2,1-2H3. The van der Waals surface area contributed by atoms with Crippen molar-refractivity contribution in [2.45, 2.75) is 23.9 Å². The van der Waals surface area contributed by atoms with Crippen molar-refractivity contribution in [1.82, 2.24) is 20.0 Å². The van der Waals surface area contributed by atoms with E-state index in [9.17, 15) is 9.59 Å². The second kappa shape index (κ2) is 8.50. The van der Waals surface area contributed by atoms with Gasteiger partial charge in [0.1, 0.15) is 5.25 Å². The van der Waals surface area contributed by atoms with E-state index in [-0.39, 0.29) is 22.6 Å². The number of ether oxygens (including phenoxy) is 1. The maximum absolute atomic E-state index is 13.0. The second-order valence-corrected chi connectivity index (χ2v) is 7.79. The van der Waals surface area contributed by atoms with Crippen molar-refractivity contribution in [2.75, 3.05) is 7.11 Å². The van der Waals surface area contributed by atoms with Crippen molar-refractivity contribution in [1.29, 1.82) is 0 Å². The number of fused-ring (bicyclic) bond motifs is 1. The number of nitrogens with zero attached hydrogens (tertiary/aromatic N) is 4. The lowest BCUT2D eigenvalue weighted by atomic mass is 10.1. The molecule has 0 aliphatic carbocycles. The van der Waals surface area contributed by atoms with Gasteiger partial charge in [-0.3, -0.25) is 9.59 Å². The van der Waals surface area contributed by atoms with Crippen LogP contribution in [-0.2, 0) is 16.1 Å². The molecule has 2 heterocycles. The summed E-state index contributed by atoms with van der Waals surface area (Å²) in [5.41, 5.74) is 1.15. The molecule has 0 aliphatic heterocycles. The Kier molecular flexibility index (Phi) is 5.62. The lowest BCUT2D eigenvalue weighted by molar-refractivity contribution is -0.139. The fourth-order valence-electron chi connectivity index (χ4n) is 2.98. The van der Waals surface area contributed by atoms with Gasteiger partial charge in [0.05, 0.1) is 19.0 Å². The molecule has 0 fully saturated rings. The molecular formula is C21H18N4O4S. The summed E-state index contributed by atoms with van der Waals surface area (Å²) in [5, 5.41) is 13.4. The number of esters is 1. The van der Waals surface area contributed by atoms with Crippen LogP contribution in [0.5, 0.6) is 0 Å². The Morgan fingerprint density at radius 1 is 1.10 bits per heavy atom. The number of methoxy groups -OCH3 is 1. The predicted molar refractivity (Wildman–Crippen MR) is 112 cm³/mol. The number of hydrogen-bond donors (Lipinski definition) is 0. The van der Waals surface area contributed by atoms with Gasteiger partial charge < -0.3 is 9.15 Å². The van der Waals surface area contributed by atoms with Crippen molar-refractivity contribution < 1.29 is 13.9 Å². The molecule has 2 aromatic heterocycles. The highest BCUT2D eigenvalue weighted by Gasteiger charge is 2.21. The van der Waals surface area contributed by atoms with E-state index in [1.54, 1.807) is 25.1 Å². The molecule has 2 aromatic carbocycles. The minimum absolute atomic E-state index is 0.174. The van der Waals surface area contributed by atoms with Gasteiger partial charge in [-0.15, -0.1) is 10.2 Å². The predicted octanol–water partition coefficient (Wildman–Crippen LogP) is 3.15. The van der Waals surface area contributed by atoms with Gasteiger partial charge in [-0.1, -0.05) is 60.3 Å². The second-order valence-electron chi connectivity index (χ2n) is 6.50. The first kappa shape index (κ1) is 19.8. The highest BCUT2D eigenvalue weighted by molar-refractivity contribution is 8.00. The molecule has 0 spiro atoms. The van der Waals surface area contributed by atoms with E-state index in [0.717, 1.165) is 17.3 Å². The van der Waals surface area contributed by atoms with Crippen molar-refractivity contribution in [3.05, 3.63) is 70.5 Å². The third-order valence-corrected chi connectivity index (χ3v) is 5.38. The largest absolute Gasteiger partial charge is 0.468 e. The molecule has 8 nitrogen and oxygen atoms in total. The summed E-state index contributed by atoms with van der Waals surface area (Å²) in [6.07, 6.45) is 0. The van der Waals surface area contributed by atoms with E-state index in [2.05, 4.69) is 15.3 Å². The highest BCUT2D eigenvalue weighted by atomic mass is 32.2. The van der Waals surface area contributed by atoms with Gasteiger partial charge >= 0.3 is 5.97 Å². The fraction of sp³-hybridized carbons (Fsp3) is 0.190. The lowest BCUT2D eigenvalue weighted by Gasteiger charge is -2.09. The number of carbonyl (C=O) groups excluding carboxylic acids is 1. The third-order valence-electron chi connectivity index (χ3n) is 4.46. The fourth-order valence-corrected chi connectivity index (χ4v) is 3.68. The molecule has 4 aromatic rings. The van der Waals surface area contributed by atoms with Gasteiger partial charge in [0.25, 0.3) is 16.7 Å². The molecule has 1 atom stereocenters. The first-order valence-corrected chi connectivity index (χ1v) is 10.1. The molecule has 0 amide bonds. The van der Waals surface area contributed by atoms with Crippen LogP contribution in [0.25, 0.3) is 22.4 Å². The number of aromatic nitrogens is 4. The summed E-state index contributed by atoms with van der Waals surface area (Å²) >= 11 is 1.10. The summed E-state index contributed by atoms with van der Waals surface area (Å²) in [7, 11) is 1.32. The summed E-state index contributed by atoms with van der Waals surface area (Å²) in [4.78, 5) is 24.6. The zero-order valence-electron chi connectivity index (χ0n) is 16.3. The monoisotopic (exact) mass is 422 g/mol. The number of thioether (sulfide) groups is 1. The lowest BCUT2D eigenvalue weighted by Crippen LogP contribution is -2.24. The maximum atomic E-state index is 13.0. The van der Waals surface area contributed by atoms with Crippen molar-refractivity contribution in [2.24, 2.45) is 0 Å². The molecule has 0 saturated carbocycles. The molecule has 152 valence electrons. The Balaban J connectivity index is 1.76. The van der Waals surface area contributed by atoms with E-state index in [0.29, 0.717) is 23.0 Å².